The van der Waals surface area contributed by atoms with Crippen LogP contribution in [-0.2, 0) is 0 Å². The highest BCUT2D eigenvalue weighted by Crippen LogP contribution is 2.18. The summed E-state index contributed by atoms with van der Waals surface area (Å²) in [6, 6.07) is 0. The number of hydrogen-bond donors (Lipinski definition) is 0. The van der Waals surface area contributed by atoms with Gasteiger partial charge in [0, 0.05) is 19.6 Å². The third-order valence-electron chi connectivity index (χ3n) is 3.27. The summed E-state index contributed by atoms with van der Waals surface area (Å²) in [5.41, 5.74) is 0. The van der Waals surface area contributed by atoms with Gasteiger partial charge in [0.2, 0.25) is 0 Å². The summed E-state index contributed by atoms with van der Waals surface area (Å²) in [6.07, 6.45) is 5.37. The van der Waals surface area contributed by atoms with E-state index in [1.165, 1.54) is 25.7 Å². The number of alkyl halides is 1. The van der Waals surface area contributed by atoms with Gasteiger partial charge in [-0.15, -0.1) is 0 Å². The molecule has 14 heavy (non-hydrogen) atoms. The topological polar surface area (TPSA) is 3.24 Å². The average molecular weight is 201 g/mol. The number of likely N-dealkylation sites (tertiary alicyclic amines) is 1. The number of nitrogens with zero attached hydrogens (tertiary/aromatic N) is 1. The van der Waals surface area contributed by atoms with Crippen LogP contribution in [0.3, 0.4) is 0 Å². The van der Waals surface area contributed by atoms with Gasteiger partial charge in [-0.2, -0.15) is 0 Å². The smallest absolute Gasteiger partial charge is 0.114 e. The fraction of sp³-hybridized carbons (Fsp3) is 1.00. The molecule has 2 heteroatoms. The standard InChI is InChI=1S/C12H24FN/c1-3-5-6-11(4-2)9-14-8-7-12(13)10-14/h11-12H,3-10H2,1-2H3/t11?,12-/m1/s1. The molecule has 1 aliphatic rings. The van der Waals surface area contributed by atoms with Gasteiger partial charge in [0.15, 0.2) is 0 Å². The highest BCUT2D eigenvalue weighted by Gasteiger charge is 2.23. The molecule has 0 radical (unpaired) electrons. The third kappa shape index (κ3) is 3.95. The molecule has 0 aromatic carbocycles. The highest BCUT2D eigenvalue weighted by atomic mass is 19.1. The summed E-state index contributed by atoms with van der Waals surface area (Å²) < 4.78 is 12.9. The quantitative estimate of drug-likeness (QED) is 0.637. The molecule has 0 aromatic heterocycles. The van der Waals surface area contributed by atoms with Gasteiger partial charge >= 0.3 is 0 Å². The lowest BCUT2D eigenvalue weighted by Gasteiger charge is -2.22. The first kappa shape index (κ1) is 12.0. The van der Waals surface area contributed by atoms with Crippen molar-refractivity contribution in [2.24, 2.45) is 5.92 Å². The summed E-state index contributed by atoms with van der Waals surface area (Å²) in [5, 5.41) is 0. The van der Waals surface area contributed by atoms with E-state index in [0.717, 1.165) is 25.4 Å². The average Bonchev–Trinajstić information content (AvgIpc) is 2.58. The molecule has 1 saturated heterocycles. The van der Waals surface area contributed by atoms with Gasteiger partial charge < -0.3 is 4.90 Å². The van der Waals surface area contributed by atoms with Gasteiger partial charge in [0.25, 0.3) is 0 Å². The van der Waals surface area contributed by atoms with Gasteiger partial charge in [0.05, 0.1) is 0 Å². The van der Waals surface area contributed by atoms with Gasteiger partial charge in [-0.1, -0.05) is 33.1 Å². The van der Waals surface area contributed by atoms with E-state index < -0.39 is 6.17 Å². The molecule has 1 nitrogen and oxygen atoms in total. The number of halogens is 1. The van der Waals surface area contributed by atoms with Crippen molar-refractivity contribution in [2.45, 2.75) is 52.1 Å². The fourth-order valence-electron chi connectivity index (χ4n) is 2.23. The predicted molar refractivity (Wildman–Crippen MR) is 59.3 cm³/mol. The van der Waals surface area contributed by atoms with Crippen molar-refractivity contribution in [3.05, 3.63) is 0 Å². The van der Waals surface area contributed by atoms with Crippen molar-refractivity contribution in [1.29, 1.82) is 0 Å². The summed E-state index contributed by atoms with van der Waals surface area (Å²) in [5.74, 6) is 0.792. The normalized spacial score (nSPS) is 25.5. The second-order valence-corrected chi connectivity index (χ2v) is 4.56. The molecule has 0 spiro atoms. The van der Waals surface area contributed by atoms with Gasteiger partial charge in [-0.3, -0.25) is 0 Å². The largest absolute Gasteiger partial charge is 0.300 e. The lowest BCUT2D eigenvalue weighted by molar-refractivity contribution is 0.239. The van der Waals surface area contributed by atoms with Crippen molar-refractivity contribution >= 4 is 0 Å². The first-order chi connectivity index (χ1) is 6.76. The monoisotopic (exact) mass is 201 g/mol. The van der Waals surface area contributed by atoms with Crippen molar-refractivity contribution in [3.63, 3.8) is 0 Å². The Morgan fingerprint density at radius 2 is 2.21 bits per heavy atom. The maximum absolute atomic E-state index is 12.9. The fourth-order valence-corrected chi connectivity index (χ4v) is 2.23. The SMILES string of the molecule is CCCCC(CC)CN1CC[C@@H](F)C1. The van der Waals surface area contributed by atoms with Crippen LogP contribution in [-0.4, -0.2) is 30.7 Å². The molecule has 0 bridgehead atoms. The van der Waals surface area contributed by atoms with Crippen molar-refractivity contribution in [2.75, 3.05) is 19.6 Å². The van der Waals surface area contributed by atoms with E-state index >= 15 is 0 Å². The highest BCUT2D eigenvalue weighted by molar-refractivity contribution is 4.76. The zero-order valence-electron chi connectivity index (χ0n) is 9.64. The van der Waals surface area contributed by atoms with E-state index in [9.17, 15) is 4.39 Å². The maximum Gasteiger partial charge on any atom is 0.114 e. The van der Waals surface area contributed by atoms with Crippen LogP contribution in [0.15, 0.2) is 0 Å². The van der Waals surface area contributed by atoms with Crippen LogP contribution in [0.1, 0.15) is 46.0 Å². The van der Waals surface area contributed by atoms with Crippen LogP contribution in [0.5, 0.6) is 0 Å². The van der Waals surface area contributed by atoms with E-state index in [4.69, 9.17) is 0 Å². The maximum atomic E-state index is 12.9. The summed E-state index contributed by atoms with van der Waals surface area (Å²) in [4.78, 5) is 2.30. The second-order valence-electron chi connectivity index (χ2n) is 4.56. The molecule has 2 atom stereocenters. The van der Waals surface area contributed by atoms with E-state index in [2.05, 4.69) is 18.7 Å². The third-order valence-corrected chi connectivity index (χ3v) is 3.27. The minimum Gasteiger partial charge on any atom is -0.300 e. The molecule has 0 saturated carbocycles. The first-order valence-corrected chi connectivity index (χ1v) is 6.12. The van der Waals surface area contributed by atoms with E-state index in [1.54, 1.807) is 0 Å². The predicted octanol–water partition coefficient (Wildman–Crippen LogP) is 3.25. The van der Waals surface area contributed by atoms with Crippen molar-refractivity contribution in [1.82, 2.24) is 4.90 Å². The molecule has 1 rings (SSSR count). The molecule has 1 aliphatic heterocycles. The Kier molecular flexibility index (Phi) is 5.46. The Labute approximate surface area is 87.7 Å². The Morgan fingerprint density at radius 1 is 1.43 bits per heavy atom. The van der Waals surface area contributed by atoms with Crippen LogP contribution >= 0.6 is 0 Å². The molecule has 0 aromatic rings. The molecule has 0 aliphatic carbocycles. The van der Waals surface area contributed by atoms with Crippen LogP contribution in [0.25, 0.3) is 0 Å². The van der Waals surface area contributed by atoms with E-state index in [1.807, 2.05) is 0 Å². The van der Waals surface area contributed by atoms with Gasteiger partial charge in [-0.25, -0.2) is 4.39 Å². The number of rotatable bonds is 6. The Bertz CT molecular complexity index is 149. The molecular formula is C12H24FN. The molecule has 1 unspecified atom stereocenters. The second kappa shape index (κ2) is 6.39. The zero-order valence-corrected chi connectivity index (χ0v) is 9.64. The Balaban J connectivity index is 2.19. The number of unbranched alkanes of at least 4 members (excludes halogenated alkanes) is 1. The number of hydrogen-bond acceptors (Lipinski definition) is 1. The zero-order chi connectivity index (χ0) is 10.4. The summed E-state index contributed by atoms with van der Waals surface area (Å²) in [7, 11) is 0. The molecule has 1 heterocycles. The molecule has 0 amide bonds. The minimum atomic E-state index is -0.557. The van der Waals surface area contributed by atoms with Crippen LogP contribution in [0.2, 0.25) is 0 Å². The van der Waals surface area contributed by atoms with Crippen molar-refractivity contribution in [3.8, 4) is 0 Å². The molecule has 1 fully saturated rings. The van der Waals surface area contributed by atoms with Crippen LogP contribution in [0, 0.1) is 5.92 Å². The van der Waals surface area contributed by atoms with Crippen molar-refractivity contribution < 1.29 is 4.39 Å². The summed E-state index contributed by atoms with van der Waals surface area (Å²) in [6.45, 7) is 7.27. The molecule has 84 valence electrons. The van der Waals surface area contributed by atoms with Gasteiger partial charge in [-0.05, 0) is 18.8 Å². The van der Waals surface area contributed by atoms with Gasteiger partial charge in [0.1, 0.15) is 6.17 Å². The first-order valence-electron chi connectivity index (χ1n) is 6.12. The van der Waals surface area contributed by atoms with E-state index in [0.29, 0.717) is 6.54 Å². The molecular weight excluding hydrogens is 177 g/mol. The molecule has 0 N–H and O–H groups in total. The Morgan fingerprint density at radius 3 is 2.71 bits per heavy atom. The summed E-state index contributed by atoms with van der Waals surface area (Å²) >= 11 is 0. The van der Waals surface area contributed by atoms with Crippen LogP contribution in [0.4, 0.5) is 4.39 Å². The Hall–Kier alpha value is -0.110. The van der Waals surface area contributed by atoms with E-state index in [-0.39, 0.29) is 0 Å². The lowest BCUT2D eigenvalue weighted by Crippen LogP contribution is -2.27. The minimum absolute atomic E-state index is 0.557. The lowest BCUT2D eigenvalue weighted by atomic mass is 9.99. The van der Waals surface area contributed by atoms with Crippen LogP contribution < -0.4 is 0 Å².